The molecule has 2 aromatic heterocycles. The number of nitrogens with zero attached hydrogens (tertiary/aromatic N) is 2. The van der Waals surface area contributed by atoms with Crippen molar-refractivity contribution < 1.29 is 4.79 Å². The van der Waals surface area contributed by atoms with Crippen molar-refractivity contribution in [1.29, 1.82) is 0 Å². The normalized spacial score (nSPS) is 13.9. The van der Waals surface area contributed by atoms with Crippen LogP contribution in [0.4, 0.5) is 5.95 Å². The maximum atomic E-state index is 12.8. The van der Waals surface area contributed by atoms with Gasteiger partial charge in [-0.15, -0.1) is 11.3 Å². The van der Waals surface area contributed by atoms with Crippen LogP contribution < -0.4 is 16.2 Å². The molecule has 0 radical (unpaired) electrons. The second-order valence-corrected chi connectivity index (χ2v) is 6.49. The summed E-state index contributed by atoms with van der Waals surface area (Å²) in [6.45, 7) is 2.56. The molecule has 3 rings (SSSR count). The zero-order valence-electron chi connectivity index (χ0n) is 12.9. The molecule has 7 heteroatoms. The molecule has 22 heavy (non-hydrogen) atoms. The Morgan fingerprint density at radius 2 is 2.14 bits per heavy atom. The van der Waals surface area contributed by atoms with E-state index in [2.05, 4.69) is 15.6 Å². The number of rotatable bonds is 4. The van der Waals surface area contributed by atoms with Gasteiger partial charge in [0.05, 0.1) is 11.9 Å². The Kier molecular flexibility index (Phi) is 4.15. The van der Waals surface area contributed by atoms with Crippen LogP contribution in [0.5, 0.6) is 0 Å². The second kappa shape index (κ2) is 6.08. The molecular weight excluding hydrogens is 300 g/mol. The van der Waals surface area contributed by atoms with Crippen LogP contribution in [0.25, 0.3) is 10.2 Å². The van der Waals surface area contributed by atoms with Gasteiger partial charge in [0.1, 0.15) is 4.83 Å². The molecule has 0 atom stereocenters. The third-order valence-corrected chi connectivity index (χ3v) is 5.26. The van der Waals surface area contributed by atoms with Gasteiger partial charge in [0.25, 0.3) is 5.56 Å². The molecule has 2 N–H and O–H groups in total. The lowest BCUT2D eigenvalue weighted by molar-refractivity contribution is -0.118. The molecule has 1 aliphatic carbocycles. The number of amides is 1. The molecule has 6 nitrogen and oxygen atoms in total. The number of fused-ring (bicyclic) bond motifs is 3. The lowest BCUT2D eigenvalue weighted by Crippen LogP contribution is -2.30. The Morgan fingerprint density at radius 1 is 1.36 bits per heavy atom. The predicted molar refractivity (Wildman–Crippen MR) is 88.8 cm³/mol. The molecule has 2 heterocycles. The van der Waals surface area contributed by atoms with E-state index in [1.165, 1.54) is 16.9 Å². The Labute approximate surface area is 132 Å². The first-order valence-corrected chi connectivity index (χ1v) is 8.46. The fraction of sp³-hybridized carbons (Fsp3) is 0.533. The zero-order valence-corrected chi connectivity index (χ0v) is 13.7. The third kappa shape index (κ3) is 2.49. The van der Waals surface area contributed by atoms with E-state index in [1.807, 2.05) is 6.92 Å². The number of carbonyl (C=O) groups excluding carboxylic acids is 1. The fourth-order valence-electron chi connectivity index (χ4n) is 2.91. The van der Waals surface area contributed by atoms with Gasteiger partial charge in [0.2, 0.25) is 11.9 Å². The van der Waals surface area contributed by atoms with Gasteiger partial charge < -0.3 is 10.6 Å². The minimum absolute atomic E-state index is 0.00584. The lowest BCUT2D eigenvalue weighted by Gasteiger charge is -2.13. The minimum Gasteiger partial charge on any atom is -0.358 e. The molecule has 0 bridgehead atoms. The first-order valence-electron chi connectivity index (χ1n) is 7.65. The standard InChI is InChI=1S/C15H20N4O2S/c1-3-19-14(21)12-9-6-4-5-7-10(9)22-13(12)18-15(19)17-8-11(20)16-2/h3-8H2,1-2H3,(H,16,20)(H,17,18). The number of hydrogen-bond acceptors (Lipinski definition) is 5. The summed E-state index contributed by atoms with van der Waals surface area (Å²) in [5.41, 5.74) is 1.20. The smallest absolute Gasteiger partial charge is 0.263 e. The first kappa shape index (κ1) is 15.0. The number of thiophene rings is 1. The van der Waals surface area contributed by atoms with Crippen molar-refractivity contribution in [2.45, 2.75) is 39.2 Å². The van der Waals surface area contributed by atoms with E-state index >= 15 is 0 Å². The highest BCUT2D eigenvalue weighted by Crippen LogP contribution is 2.34. The van der Waals surface area contributed by atoms with Gasteiger partial charge in [0, 0.05) is 18.5 Å². The molecule has 0 saturated carbocycles. The number of nitrogens with one attached hydrogen (secondary N) is 2. The van der Waals surface area contributed by atoms with Gasteiger partial charge in [-0.2, -0.15) is 0 Å². The molecule has 0 fully saturated rings. The highest BCUT2D eigenvalue weighted by atomic mass is 32.1. The number of aromatic nitrogens is 2. The Bertz CT molecular complexity index is 778. The highest BCUT2D eigenvalue weighted by Gasteiger charge is 2.21. The molecule has 0 spiro atoms. The van der Waals surface area contributed by atoms with Crippen LogP contribution >= 0.6 is 11.3 Å². The van der Waals surface area contributed by atoms with Crippen LogP contribution in [0.1, 0.15) is 30.2 Å². The van der Waals surface area contributed by atoms with Gasteiger partial charge >= 0.3 is 0 Å². The maximum absolute atomic E-state index is 12.8. The van der Waals surface area contributed by atoms with Crippen molar-refractivity contribution in [3.63, 3.8) is 0 Å². The number of likely N-dealkylation sites (N-methyl/N-ethyl adjacent to an activating group) is 1. The van der Waals surface area contributed by atoms with Crippen LogP contribution in [0.3, 0.4) is 0 Å². The zero-order chi connectivity index (χ0) is 15.7. The van der Waals surface area contributed by atoms with Crippen molar-refractivity contribution >= 4 is 33.4 Å². The van der Waals surface area contributed by atoms with Gasteiger partial charge in [-0.1, -0.05) is 0 Å². The summed E-state index contributed by atoms with van der Waals surface area (Å²) < 4.78 is 1.62. The van der Waals surface area contributed by atoms with Crippen molar-refractivity contribution in [2.75, 3.05) is 18.9 Å². The van der Waals surface area contributed by atoms with E-state index in [0.29, 0.717) is 12.5 Å². The van der Waals surface area contributed by atoms with Crippen LogP contribution in [0.15, 0.2) is 4.79 Å². The van der Waals surface area contributed by atoms with Gasteiger partial charge in [0.15, 0.2) is 0 Å². The van der Waals surface area contributed by atoms with Crippen LogP contribution in [0, 0.1) is 0 Å². The highest BCUT2D eigenvalue weighted by molar-refractivity contribution is 7.18. The van der Waals surface area contributed by atoms with Crippen molar-refractivity contribution in [3.05, 3.63) is 20.8 Å². The molecule has 0 aromatic carbocycles. The van der Waals surface area contributed by atoms with E-state index in [-0.39, 0.29) is 18.0 Å². The van der Waals surface area contributed by atoms with Crippen molar-refractivity contribution in [1.82, 2.24) is 14.9 Å². The van der Waals surface area contributed by atoms with Crippen molar-refractivity contribution in [3.8, 4) is 0 Å². The molecule has 2 aromatic rings. The molecule has 1 aliphatic rings. The molecule has 1 amide bonds. The van der Waals surface area contributed by atoms with E-state index in [1.54, 1.807) is 23.0 Å². The fourth-order valence-corrected chi connectivity index (χ4v) is 4.17. The average Bonchev–Trinajstić information content (AvgIpc) is 2.91. The number of hydrogen-bond donors (Lipinski definition) is 2. The number of carbonyl (C=O) groups is 1. The summed E-state index contributed by atoms with van der Waals surface area (Å²) in [5.74, 6) is 0.338. The summed E-state index contributed by atoms with van der Waals surface area (Å²) in [7, 11) is 1.58. The second-order valence-electron chi connectivity index (χ2n) is 5.40. The maximum Gasteiger partial charge on any atom is 0.263 e. The predicted octanol–water partition coefficient (Wildman–Crippen LogP) is 1.51. The average molecular weight is 320 g/mol. The number of aryl methyl sites for hydroxylation is 2. The molecule has 118 valence electrons. The van der Waals surface area contributed by atoms with Crippen LogP contribution in [0.2, 0.25) is 0 Å². The summed E-state index contributed by atoms with van der Waals surface area (Å²) >= 11 is 1.62. The Morgan fingerprint density at radius 3 is 2.86 bits per heavy atom. The SMILES string of the molecule is CCn1c(NCC(=O)NC)nc2sc3c(c2c1=O)CCCC3. The Balaban J connectivity index is 2.10. The van der Waals surface area contributed by atoms with Crippen molar-refractivity contribution in [2.24, 2.45) is 0 Å². The molecule has 0 unspecified atom stereocenters. The van der Waals surface area contributed by atoms with Gasteiger partial charge in [-0.3, -0.25) is 14.2 Å². The van der Waals surface area contributed by atoms with Crippen LogP contribution in [-0.2, 0) is 24.2 Å². The van der Waals surface area contributed by atoms with E-state index in [4.69, 9.17) is 0 Å². The summed E-state index contributed by atoms with van der Waals surface area (Å²) in [5, 5.41) is 6.31. The van der Waals surface area contributed by atoms with Gasteiger partial charge in [-0.05, 0) is 38.2 Å². The monoisotopic (exact) mass is 320 g/mol. The summed E-state index contributed by atoms with van der Waals surface area (Å²) in [4.78, 5) is 30.9. The lowest BCUT2D eigenvalue weighted by atomic mass is 9.97. The van der Waals surface area contributed by atoms with E-state index in [0.717, 1.165) is 29.5 Å². The summed E-state index contributed by atoms with van der Waals surface area (Å²) in [6.07, 6.45) is 4.34. The molecule has 0 saturated heterocycles. The topological polar surface area (TPSA) is 76.0 Å². The van der Waals surface area contributed by atoms with Gasteiger partial charge in [-0.25, -0.2) is 4.98 Å². The molecular formula is C15H20N4O2S. The molecule has 0 aliphatic heterocycles. The summed E-state index contributed by atoms with van der Waals surface area (Å²) in [6, 6.07) is 0. The van der Waals surface area contributed by atoms with E-state index in [9.17, 15) is 9.59 Å². The minimum atomic E-state index is -0.137. The Hall–Kier alpha value is -1.89. The van der Waals surface area contributed by atoms with Crippen LogP contribution in [-0.4, -0.2) is 29.1 Å². The first-order chi connectivity index (χ1) is 10.7. The third-order valence-electron chi connectivity index (χ3n) is 4.08. The quantitative estimate of drug-likeness (QED) is 0.895. The van der Waals surface area contributed by atoms with E-state index < -0.39 is 0 Å². The largest absolute Gasteiger partial charge is 0.358 e. The number of anilines is 1.